The van der Waals surface area contributed by atoms with Crippen LogP contribution in [0.15, 0.2) is 24.3 Å². The van der Waals surface area contributed by atoms with E-state index in [0.717, 1.165) is 12.5 Å². The van der Waals surface area contributed by atoms with Gasteiger partial charge in [-0.3, -0.25) is 4.90 Å². The van der Waals surface area contributed by atoms with Gasteiger partial charge in [0.2, 0.25) is 0 Å². The van der Waals surface area contributed by atoms with Crippen LogP contribution in [0.4, 0.5) is 0 Å². The summed E-state index contributed by atoms with van der Waals surface area (Å²) >= 11 is 0. The van der Waals surface area contributed by atoms with Gasteiger partial charge in [-0.2, -0.15) is 0 Å². The summed E-state index contributed by atoms with van der Waals surface area (Å²) in [6.07, 6.45) is 2.68. The van der Waals surface area contributed by atoms with E-state index < -0.39 is 0 Å². The lowest BCUT2D eigenvalue weighted by Gasteiger charge is -2.32. The van der Waals surface area contributed by atoms with E-state index in [1.165, 1.54) is 24.0 Å². The summed E-state index contributed by atoms with van der Waals surface area (Å²) in [6, 6.07) is 9.57. The van der Waals surface area contributed by atoms with Crippen molar-refractivity contribution in [2.45, 2.75) is 37.8 Å². The predicted octanol–water partition coefficient (Wildman–Crippen LogP) is 2.53. The maximum Gasteiger partial charge on any atom is 0.0615 e. The van der Waals surface area contributed by atoms with Gasteiger partial charge in [-0.05, 0) is 43.9 Å². The van der Waals surface area contributed by atoms with E-state index in [1.54, 1.807) is 7.11 Å². The van der Waals surface area contributed by atoms with Crippen LogP contribution in [0.25, 0.3) is 0 Å². The molecule has 0 radical (unpaired) electrons. The Hall–Kier alpha value is -0.900. The van der Waals surface area contributed by atoms with Gasteiger partial charge in [0.15, 0.2) is 0 Å². The van der Waals surface area contributed by atoms with Crippen LogP contribution in [0.2, 0.25) is 0 Å². The molecule has 3 nitrogen and oxygen atoms in total. The molecule has 1 fully saturated rings. The Kier molecular flexibility index (Phi) is 4.97. The van der Waals surface area contributed by atoms with Gasteiger partial charge in [0.25, 0.3) is 0 Å². The van der Waals surface area contributed by atoms with Gasteiger partial charge in [-0.1, -0.05) is 24.3 Å². The van der Waals surface area contributed by atoms with E-state index in [2.05, 4.69) is 43.1 Å². The molecule has 2 rings (SSSR count). The zero-order valence-electron chi connectivity index (χ0n) is 12.3. The van der Waals surface area contributed by atoms with Crippen LogP contribution < -0.4 is 5.73 Å². The Morgan fingerprint density at radius 1 is 1.42 bits per heavy atom. The summed E-state index contributed by atoms with van der Waals surface area (Å²) in [5, 5.41) is 0. The van der Waals surface area contributed by atoms with Gasteiger partial charge < -0.3 is 10.5 Å². The SMILES string of the molecule is COCC(C)N(C)C(CN)c1cccc(C2CC2)c1. The molecule has 2 atom stereocenters. The number of benzene rings is 1. The highest BCUT2D eigenvalue weighted by atomic mass is 16.5. The number of ether oxygens (including phenoxy) is 1. The molecule has 0 amide bonds. The minimum atomic E-state index is 0.267. The molecule has 0 heterocycles. The third-order valence-electron chi connectivity index (χ3n) is 4.16. The average Bonchev–Trinajstić information content (AvgIpc) is 3.24. The molecule has 1 aliphatic carbocycles. The van der Waals surface area contributed by atoms with Crippen LogP contribution >= 0.6 is 0 Å². The van der Waals surface area contributed by atoms with Crippen LogP contribution in [0.1, 0.15) is 42.9 Å². The second-order valence-corrected chi connectivity index (χ2v) is 5.67. The maximum atomic E-state index is 6.00. The molecule has 0 spiro atoms. The van der Waals surface area contributed by atoms with Crippen molar-refractivity contribution in [3.8, 4) is 0 Å². The zero-order chi connectivity index (χ0) is 13.8. The number of hydrogen-bond acceptors (Lipinski definition) is 3. The van der Waals surface area contributed by atoms with Gasteiger partial charge in [0.1, 0.15) is 0 Å². The Morgan fingerprint density at radius 2 is 2.16 bits per heavy atom. The number of methoxy groups -OCH3 is 1. The van der Waals surface area contributed by atoms with Gasteiger partial charge in [-0.15, -0.1) is 0 Å². The second-order valence-electron chi connectivity index (χ2n) is 5.67. The first-order valence-electron chi connectivity index (χ1n) is 7.18. The third-order valence-corrected chi connectivity index (χ3v) is 4.16. The quantitative estimate of drug-likeness (QED) is 0.820. The molecule has 0 saturated heterocycles. The van der Waals surface area contributed by atoms with E-state index in [9.17, 15) is 0 Å². The molecule has 1 saturated carbocycles. The molecule has 1 aliphatic rings. The van der Waals surface area contributed by atoms with E-state index in [-0.39, 0.29) is 6.04 Å². The summed E-state index contributed by atoms with van der Waals surface area (Å²) < 4.78 is 5.24. The van der Waals surface area contributed by atoms with Crippen molar-refractivity contribution in [1.29, 1.82) is 0 Å². The molecule has 1 aromatic carbocycles. The van der Waals surface area contributed by atoms with Crippen LogP contribution in [-0.4, -0.2) is 38.3 Å². The average molecular weight is 262 g/mol. The normalized spacial score (nSPS) is 18.6. The number of nitrogens with two attached hydrogens (primary N) is 1. The highest BCUT2D eigenvalue weighted by Gasteiger charge is 2.25. The first-order chi connectivity index (χ1) is 9.17. The standard InChI is InChI=1S/C16H26N2O/c1-12(11-19-3)18(2)16(10-17)15-6-4-5-14(9-15)13-7-8-13/h4-6,9,12-13,16H,7-8,10-11,17H2,1-3H3. The molecule has 0 aliphatic heterocycles. The lowest BCUT2D eigenvalue weighted by molar-refractivity contribution is 0.0910. The first kappa shape index (κ1) is 14.5. The van der Waals surface area contributed by atoms with Crippen molar-refractivity contribution in [2.24, 2.45) is 5.73 Å². The summed E-state index contributed by atoms with van der Waals surface area (Å²) in [6.45, 7) is 3.55. The van der Waals surface area contributed by atoms with Crippen LogP contribution in [0, 0.1) is 0 Å². The lowest BCUT2D eigenvalue weighted by atomic mass is 10.00. The summed E-state index contributed by atoms with van der Waals surface area (Å²) in [5.74, 6) is 0.792. The highest BCUT2D eigenvalue weighted by molar-refractivity contribution is 5.31. The Bertz CT molecular complexity index is 403. The van der Waals surface area contributed by atoms with E-state index >= 15 is 0 Å². The fourth-order valence-electron chi connectivity index (χ4n) is 2.64. The Labute approximate surface area is 116 Å². The molecular formula is C16H26N2O. The van der Waals surface area contributed by atoms with Gasteiger partial charge >= 0.3 is 0 Å². The van der Waals surface area contributed by atoms with Crippen molar-refractivity contribution in [3.05, 3.63) is 35.4 Å². The maximum absolute atomic E-state index is 6.00. The minimum absolute atomic E-state index is 0.267. The molecule has 106 valence electrons. The highest BCUT2D eigenvalue weighted by Crippen LogP contribution is 2.40. The fourth-order valence-corrected chi connectivity index (χ4v) is 2.64. The van der Waals surface area contributed by atoms with Crippen LogP contribution in [0.5, 0.6) is 0 Å². The number of rotatable bonds is 7. The van der Waals surface area contributed by atoms with Crippen molar-refractivity contribution in [2.75, 3.05) is 27.3 Å². The molecule has 3 heteroatoms. The summed E-state index contributed by atoms with van der Waals surface area (Å²) in [7, 11) is 3.88. The molecular weight excluding hydrogens is 236 g/mol. The van der Waals surface area contributed by atoms with Crippen LogP contribution in [0.3, 0.4) is 0 Å². The fraction of sp³-hybridized carbons (Fsp3) is 0.625. The van der Waals surface area contributed by atoms with Gasteiger partial charge in [-0.25, -0.2) is 0 Å². The number of hydrogen-bond donors (Lipinski definition) is 1. The molecule has 2 N–H and O–H groups in total. The van der Waals surface area contributed by atoms with Crippen molar-refractivity contribution >= 4 is 0 Å². The summed E-state index contributed by atoms with van der Waals surface area (Å²) in [4.78, 5) is 2.31. The van der Waals surface area contributed by atoms with E-state index in [0.29, 0.717) is 12.6 Å². The third kappa shape index (κ3) is 3.56. The minimum Gasteiger partial charge on any atom is -0.383 e. The van der Waals surface area contributed by atoms with Gasteiger partial charge in [0, 0.05) is 25.7 Å². The van der Waals surface area contributed by atoms with E-state index in [4.69, 9.17) is 10.5 Å². The summed E-state index contributed by atoms with van der Waals surface area (Å²) in [5.41, 5.74) is 8.81. The zero-order valence-corrected chi connectivity index (χ0v) is 12.3. The molecule has 0 bridgehead atoms. The Morgan fingerprint density at radius 3 is 2.74 bits per heavy atom. The predicted molar refractivity (Wildman–Crippen MR) is 79.3 cm³/mol. The van der Waals surface area contributed by atoms with Crippen molar-refractivity contribution in [3.63, 3.8) is 0 Å². The largest absolute Gasteiger partial charge is 0.383 e. The monoisotopic (exact) mass is 262 g/mol. The number of nitrogens with zero attached hydrogens (tertiary/aromatic N) is 1. The Balaban J connectivity index is 2.13. The molecule has 0 aromatic heterocycles. The first-order valence-corrected chi connectivity index (χ1v) is 7.18. The van der Waals surface area contributed by atoms with Crippen LogP contribution in [-0.2, 0) is 4.74 Å². The number of likely N-dealkylation sites (N-methyl/N-ethyl adjacent to an activating group) is 1. The topological polar surface area (TPSA) is 38.5 Å². The second kappa shape index (κ2) is 6.51. The lowest BCUT2D eigenvalue weighted by Crippen LogP contribution is -2.39. The van der Waals surface area contributed by atoms with Crippen molar-refractivity contribution < 1.29 is 4.74 Å². The molecule has 2 unspecified atom stereocenters. The van der Waals surface area contributed by atoms with E-state index in [1.807, 2.05) is 0 Å². The smallest absolute Gasteiger partial charge is 0.0615 e. The molecule has 1 aromatic rings. The van der Waals surface area contributed by atoms with Crippen molar-refractivity contribution in [1.82, 2.24) is 4.90 Å². The van der Waals surface area contributed by atoms with Gasteiger partial charge in [0.05, 0.1) is 6.61 Å². The molecule has 19 heavy (non-hydrogen) atoms.